The molecule has 8 heteroatoms. The molecule has 0 fully saturated rings. The van der Waals surface area contributed by atoms with Gasteiger partial charge in [0, 0.05) is 12.0 Å². The smallest absolute Gasteiger partial charge is 0.221 e. The first-order valence-electron chi connectivity index (χ1n) is 5.12. The van der Waals surface area contributed by atoms with Crippen molar-refractivity contribution in [3.05, 3.63) is 0 Å². The standard InChI is InChI=1S/C9H19N3O3S2/c1-4-6(8(11)16)17(14,15)12-9(2,3)5-7(10)13/h6,12H,4-5H2,1-3H3,(H2,10,13)(H2,11,16). The van der Waals surface area contributed by atoms with Crippen LogP contribution in [0, 0.1) is 0 Å². The molecule has 0 aliphatic heterocycles. The quantitative estimate of drug-likeness (QED) is 0.550. The van der Waals surface area contributed by atoms with Gasteiger partial charge in [0.2, 0.25) is 15.9 Å². The summed E-state index contributed by atoms with van der Waals surface area (Å²) in [5.41, 5.74) is 9.46. The topological polar surface area (TPSA) is 115 Å². The minimum atomic E-state index is -3.70. The number of rotatable bonds is 7. The molecule has 1 unspecified atom stereocenters. The van der Waals surface area contributed by atoms with Crippen LogP contribution in [0.3, 0.4) is 0 Å². The third-order valence-electron chi connectivity index (χ3n) is 2.10. The molecule has 5 N–H and O–H groups in total. The van der Waals surface area contributed by atoms with Gasteiger partial charge in [-0.15, -0.1) is 0 Å². The summed E-state index contributed by atoms with van der Waals surface area (Å²) >= 11 is 4.71. The molecule has 0 saturated heterocycles. The van der Waals surface area contributed by atoms with Crippen molar-refractivity contribution in [3.8, 4) is 0 Å². The molecule has 17 heavy (non-hydrogen) atoms. The molecule has 0 heterocycles. The first-order chi connectivity index (χ1) is 7.52. The summed E-state index contributed by atoms with van der Waals surface area (Å²) in [6.45, 7) is 4.81. The van der Waals surface area contributed by atoms with Gasteiger partial charge in [-0.1, -0.05) is 19.1 Å². The summed E-state index contributed by atoms with van der Waals surface area (Å²) in [4.78, 5) is 10.7. The van der Waals surface area contributed by atoms with Crippen molar-refractivity contribution in [2.24, 2.45) is 11.5 Å². The summed E-state index contributed by atoms with van der Waals surface area (Å²) < 4.78 is 26.3. The fourth-order valence-corrected chi connectivity index (χ4v) is 3.78. The van der Waals surface area contributed by atoms with Crippen molar-refractivity contribution in [1.29, 1.82) is 0 Å². The lowest BCUT2D eigenvalue weighted by Crippen LogP contribution is -2.51. The van der Waals surface area contributed by atoms with Crippen LogP contribution in [0.5, 0.6) is 0 Å². The molecule has 0 saturated carbocycles. The van der Waals surface area contributed by atoms with Crippen LogP contribution in [-0.4, -0.2) is 30.1 Å². The van der Waals surface area contributed by atoms with Gasteiger partial charge < -0.3 is 11.5 Å². The molecule has 0 aliphatic rings. The first-order valence-corrected chi connectivity index (χ1v) is 7.07. The zero-order chi connectivity index (χ0) is 13.9. The molecule has 1 amide bonds. The van der Waals surface area contributed by atoms with Gasteiger partial charge in [0.1, 0.15) is 5.25 Å². The Morgan fingerprint density at radius 1 is 1.41 bits per heavy atom. The Morgan fingerprint density at radius 3 is 2.18 bits per heavy atom. The van der Waals surface area contributed by atoms with E-state index < -0.39 is 26.7 Å². The fourth-order valence-electron chi connectivity index (χ4n) is 1.50. The van der Waals surface area contributed by atoms with Crippen LogP contribution in [0.2, 0.25) is 0 Å². The van der Waals surface area contributed by atoms with E-state index in [2.05, 4.69) is 4.72 Å². The van der Waals surface area contributed by atoms with Crippen molar-refractivity contribution < 1.29 is 13.2 Å². The Bertz CT molecular complexity index is 404. The number of amides is 1. The molecule has 0 radical (unpaired) electrons. The molecule has 0 bridgehead atoms. The maximum Gasteiger partial charge on any atom is 0.221 e. The largest absolute Gasteiger partial charge is 0.392 e. The molecule has 0 spiro atoms. The van der Waals surface area contributed by atoms with Crippen LogP contribution < -0.4 is 16.2 Å². The van der Waals surface area contributed by atoms with Gasteiger partial charge in [-0.25, -0.2) is 13.1 Å². The highest BCUT2D eigenvalue weighted by molar-refractivity contribution is 7.93. The van der Waals surface area contributed by atoms with E-state index in [-0.39, 0.29) is 17.8 Å². The first kappa shape index (κ1) is 16.3. The second-order valence-corrected chi connectivity index (χ2v) is 6.81. The number of thiocarbonyl (C=S) groups is 1. The normalized spacial score (nSPS) is 14.3. The van der Waals surface area contributed by atoms with E-state index in [1.165, 1.54) is 0 Å². The number of primary amides is 1. The highest BCUT2D eigenvalue weighted by atomic mass is 32.2. The van der Waals surface area contributed by atoms with Crippen molar-refractivity contribution >= 4 is 33.1 Å². The average Bonchev–Trinajstić information content (AvgIpc) is 1.96. The van der Waals surface area contributed by atoms with E-state index in [9.17, 15) is 13.2 Å². The number of sulfonamides is 1. The van der Waals surface area contributed by atoms with E-state index in [0.717, 1.165) is 0 Å². The van der Waals surface area contributed by atoms with Crippen molar-refractivity contribution in [1.82, 2.24) is 4.72 Å². The van der Waals surface area contributed by atoms with E-state index in [4.69, 9.17) is 23.7 Å². The number of hydrogen-bond donors (Lipinski definition) is 3. The summed E-state index contributed by atoms with van der Waals surface area (Å²) in [5, 5.41) is -0.940. The monoisotopic (exact) mass is 281 g/mol. The Labute approximate surface area is 107 Å². The molecule has 100 valence electrons. The van der Waals surface area contributed by atoms with Crippen LogP contribution in [0.15, 0.2) is 0 Å². The van der Waals surface area contributed by atoms with Gasteiger partial charge in [-0.3, -0.25) is 4.79 Å². The van der Waals surface area contributed by atoms with E-state index in [0.29, 0.717) is 0 Å². The summed E-state index contributed by atoms with van der Waals surface area (Å²) in [6.07, 6.45) is 0.178. The maximum atomic E-state index is 12.0. The molecule has 0 aliphatic carbocycles. The Hall–Kier alpha value is -0.730. The highest BCUT2D eigenvalue weighted by Gasteiger charge is 2.33. The van der Waals surface area contributed by atoms with Crippen molar-refractivity contribution in [3.63, 3.8) is 0 Å². The van der Waals surface area contributed by atoms with Crippen LogP contribution in [-0.2, 0) is 14.8 Å². The molecule has 0 rings (SSSR count). The second-order valence-electron chi connectivity index (χ2n) is 4.47. The fraction of sp³-hybridized carbons (Fsp3) is 0.778. The minimum absolute atomic E-state index is 0.0881. The van der Waals surface area contributed by atoms with Gasteiger partial charge >= 0.3 is 0 Å². The van der Waals surface area contributed by atoms with E-state index >= 15 is 0 Å². The number of nitrogens with two attached hydrogens (primary N) is 2. The van der Waals surface area contributed by atoms with Gasteiger partial charge in [0.15, 0.2) is 0 Å². The number of nitrogens with one attached hydrogen (secondary N) is 1. The number of carbonyl (C=O) groups excluding carboxylic acids is 1. The van der Waals surface area contributed by atoms with Gasteiger partial charge in [0.05, 0.1) is 4.99 Å². The zero-order valence-corrected chi connectivity index (χ0v) is 11.8. The summed E-state index contributed by atoms with van der Waals surface area (Å²) in [6, 6.07) is 0. The maximum absolute atomic E-state index is 12.0. The van der Waals surface area contributed by atoms with Gasteiger partial charge in [-0.2, -0.15) is 0 Å². The highest BCUT2D eigenvalue weighted by Crippen LogP contribution is 2.14. The molecule has 6 nitrogen and oxygen atoms in total. The third-order valence-corrected chi connectivity index (χ3v) is 4.70. The van der Waals surface area contributed by atoms with Crippen LogP contribution >= 0.6 is 12.2 Å². The van der Waals surface area contributed by atoms with Crippen LogP contribution in [0.4, 0.5) is 0 Å². The lowest BCUT2D eigenvalue weighted by atomic mass is 10.0. The molecule has 0 aromatic rings. The SMILES string of the molecule is CCC(C(N)=S)S(=O)(=O)NC(C)(C)CC(N)=O. The molecule has 0 aromatic carbocycles. The van der Waals surface area contributed by atoms with Crippen molar-refractivity contribution in [2.45, 2.75) is 44.4 Å². The predicted octanol–water partition coefficient (Wildman–Crippen LogP) is -0.375. The van der Waals surface area contributed by atoms with Crippen molar-refractivity contribution in [2.75, 3.05) is 0 Å². The van der Waals surface area contributed by atoms with Gasteiger partial charge in [0.25, 0.3) is 0 Å². The van der Waals surface area contributed by atoms with Gasteiger partial charge in [-0.05, 0) is 20.3 Å². The average molecular weight is 281 g/mol. The Balaban J connectivity index is 4.98. The lowest BCUT2D eigenvalue weighted by Gasteiger charge is -2.27. The molecule has 1 atom stereocenters. The molecule has 0 aromatic heterocycles. The summed E-state index contributed by atoms with van der Waals surface area (Å²) in [7, 11) is -3.70. The lowest BCUT2D eigenvalue weighted by molar-refractivity contribution is -0.119. The van der Waals surface area contributed by atoms with Crippen LogP contribution in [0.1, 0.15) is 33.6 Å². The number of hydrogen-bond acceptors (Lipinski definition) is 4. The number of carbonyl (C=O) groups is 1. The molecular weight excluding hydrogens is 262 g/mol. The predicted molar refractivity (Wildman–Crippen MR) is 70.8 cm³/mol. The Kier molecular flexibility index (Phi) is 5.50. The third kappa shape index (κ3) is 5.42. The summed E-state index contributed by atoms with van der Waals surface area (Å²) in [5.74, 6) is -0.582. The zero-order valence-electron chi connectivity index (χ0n) is 10.2. The second kappa shape index (κ2) is 5.74. The Morgan fingerprint density at radius 2 is 1.88 bits per heavy atom. The molecular formula is C9H19N3O3S2. The minimum Gasteiger partial charge on any atom is -0.392 e. The van der Waals surface area contributed by atoms with E-state index in [1.807, 2.05) is 0 Å². The van der Waals surface area contributed by atoms with Crippen LogP contribution in [0.25, 0.3) is 0 Å². The van der Waals surface area contributed by atoms with E-state index in [1.54, 1.807) is 20.8 Å².